The van der Waals surface area contributed by atoms with Crippen LogP contribution >= 0.6 is 23.7 Å². The Bertz CT molecular complexity index is 1230. The summed E-state index contributed by atoms with van der Waals surface area (Å²) < 4.78 is 6.96. The molecule has 1 N–H and O–H groups in total. The van der Waals surface area contributed by atoms with Gasteiger partial charge in [0.05, 0.1) is 11.4 Å². The fraction of sp³-hybridized carbons (Fsp3) is 0.167. The first-order valence-electron chi connectivity index (χ1n) is 11.1. The van der Waals surface area contributed by atoms with Crippen molar-refractivity contribution >= 4 is 23.7 Å². The highest BCUT2D eigenvalue weighted by molar-refractivity contribution is 7.99. The van der Waals surface area contributed by atoms with Gasteiger partial charge >= 0.3 is 0 Å². The number of nitrogens with zero attached hydrogens (tertiary/aromatic N) is 8. The third-order valence-electron chi connectivity index (χ3n) is 5.43. The fourth-order valence-electron chi connectivity index (χ4n) is 3.69. The molecule has 2 heterocycles. The Morgan fingerprint density at radius 3 is 1.97 bits per heavy atom. The van der Waals surface area contributed by atoms with Gasteiger partial charge in [0, 0.05) is 16.3 Å². The summed E-state index contributed by atoms with van der Waals surface area (Å²) in [7, 11) is 0. The van der Waals surface area contributed by atoms with Crippen LogP contribution in [-0.2, 0) is 0 Å². The molecule has 3 aromatic carbocycles. The zero-order chi connectivity index (χ0) is 23.7. The lowest BCUT2D eigenvalue weighted by molar-refractivity contribution is 0.658. The lowest BCUT2D eigenvalue weighted by Gasteiger charge is -2.19. The number of para-hydroxylation sites is 2. The normalized spacial score (nSPS) is 12.0. The van der Waals surface area contributed by atoms with Crippen LogP contribution in [0.3, 0.4) is 0 Å². The molecule has 0 radical (unpaired) electrons. The van der Waals surface area contributed by atoms with Gasteiger partial charge in [-0.15, -0.1) is 22.0 Å². The Balaban J connectivity index is 1.24. The van der Waals surface area contributed by atoms with E-state index >= 15 is 0 Å². The minimum absolute atomic E-state index is 0.358. The van der Waals surface area contributed by atoms with Gasteiger partial charge < -0.3 is 0 Å². The van der Waals surface area contributed by atoms with E-state index in [4.69, 9.17) is 0 Å². The summed E-state index contributed by atoms with van der Waals surface area (Å²) >= 11 is 3.42. The molecule has 0 saturated carbocycles. The first-order chi connectivity index (χ1) is 17.4. The van der Waals surface area contributed by atoms with E-state index in [1.165, 1.54) is 5.56 Å². The van der Waals surface area contributed by atoms with Gasteiger partial charge in [0.25, 0.3) is 0 Å². The lowest BCUT2D eigenvalue weighted by atomic mass is 9.97. The molecule has 0 fully saturated rings. The molecular weight excluding hydrogens is 478 g/mol. The molecule has 5 rings (SSSR count). The largest absolute Gasteiger partial charge is 0.259 e. The predicted molar refractivity (Wildman–Crippen MR) is 137 cm³/mol. The van der Waals surface area contributed by atoms with Crippen LogP contribution in [0.15, 0.2) is 101 Å². The van der Waals surface area contributed by atoms with Crippen LogP contribution in [0.5, 0.6) is 0 Å². The molecule has 5 aromatic rings. The van der Waals surface area contributed by atoms with E-state index in [1.54, 1.807) is 34.0 Å². The minimum Gasteiger partial charge on any atom is -0.259 e. The van der Waals surface area contributed by atoms with E-state index in [-0.39, 0.29) is 0 Å². The average Bonchev–Trinajstić information content (AvgIpc) is 3.64. The van der Waals surface area contributed by atoms with Crippen molar-refractivity contribution in [2.24, 2.45) is 0 Å². The number of tetrazole rings is 2. The van der Waals surface area contributed by atoms with Crippen molar-refractivity contribution in [3.05, 3.63) is 97.1 Å². The minimum atomic E-state index is 0.358. The van der Waals surface area contributed by atoms with Crippen LogP contribution in [0.4, 0.5) is 0 Å². The summed E-state index contributed by atoms with van der Waals surface area (Å²) in [5, 5.41) is 23.1. The molecule has 1 unspecified atom stereocenters. The zero-order valence-electron chi connectivity index (χ0n) is 18.8. The first kappa shape index (κ1) is 23.2. The van der Waals surface area contributed by atoms with Crippen molar-refractivity contribution < 1.29 is 0 Å². The lowest BCUT2D eigenvalue weighted by Crippen LogP contribution is -2.17. The van der Waals surface area contributed by atoms with Gasteiger partial charge in [-0.2, -0.15) is 9.36 Å². The Hall–Kier alpha value is -3.54. The van der Waals surface area contributed by atoms with E-state index in [9.17, 15) is 0 Å². The highest BCUT2D eigenvalue weighted by Gasteiger charge is 2.14. The molecule has 176 valence electrons. The summed E-state index contributed by atoms with van der Waals surface area (Å²) in [6.07, 6.45) is 4.25. The molecule has 11 heteroatoms. The van der Waals surface area contributed by atoms with Crippen LogP contribution in [0, 0.1) is 0 Å². The molecule has 0 amide bonds. The number of hydrogen-bond acceptors (Lipinski definition) is 9. The predicted octanol–water partition coefficient (Wildman–Crippen LogP) is 4.20. The van der Waals surface area contributed by atoms with E-state index in [0.29, 0.717) is 5.92 Å². The third-order valence-corrected chi connectivity index (χ3v) is 7.40. The molecule has 1 atom stereocenters. The average molecular weight is 502 g/mol. The van der Waals surface area contributed by atoms with Crippen molar-refractivity contribution in [1.82, 2.24) is 45.1 Å². The number of benzene rings is 3. The standard InChI is InChI=1S/C24H23N9S2/c1-2-8-19(9-3-1)20(14-15-34-23-12-6-4-10-21(23)32-17-25-28-30-32)16-27-35-24-13-7-5-11-22(24)33-18-26-29-31-33/h1-13,17-18,20,27H,14-16H2. The molecule has 9 nitrogen and oxygen atoms in total. The SMILES string of the molecule is c1ccc(C(CCSc2ccccc2-n2cnnn2)CNSc2ccccc2-n2cnnn2)cc1. The monoisotopic (exact) mass is 501 g/mol. The van der Waals surface area contributed by atoms with Crippen molar-refractivity contribution in [2.45, 2.75) is 22.1 Å². The Kier molecular flexibility index (Phi) is 7.78. The van der Waals surface area contributed by atoms with E-state index in [0.717, 1.165) is 39.9 Å². The number of hydrogen-bond donors (Lipinski definition) is 1. The van der Waals surface area contributed by atoms with Crippen LogP contribution < -0.4 is 4.72 Å². The maximum absolute atomic E-state index is 4.05. The van der Waals surface area contributed by atoms with E-state index < -0.39 is 0 Å². The number of rotatable bonds is 11. The summed E-state index contributed by atoms with van der Waals surface area (Å²) in [4.78, 5) is 2.22. The van der Waals surface area contributed by atoms with Crippen molar-refractivity contribution in [2.75, 3.05) is 12.3 Å². The zero-order valence-corrected chi connectivity index (χ0v) is 20.4. The number of nitrogens with one attached hydrogen (secondary N) is 1. The van der Waals surface area contributed by atoms with Gasteiger partial charge in [-0.05, 0) is 80.7 Å². The second-order valence-corrected chi connectivity index (χ2v) is 9.71. The van der Waals surface area contributed by atoms with Gasteiger partial charge in [0.15, 0.2) is 0 Å². The first-order valence-corrected chi connectivity index (χ1v) is 12.9. The van der Waals surface area contributed by atoms with Crippen LogP contribution in [-0.4, -0.2) is 52.7 Å². The van der Waals surface area contributed by atoms with Crippen LogP contribution in [0.1, 0.15) is 17.9 Å². The summed E-state index contributed by atoms with van der Waals surface area (Å²) in [6, 6.07) is 26.9. The third kappa shape index (κ3) is 5.94. The van der Waals surface area contributed by atoms with Crippen LogP contribution in [0.2, 0.25) is 0 Å². The molecular formula is C24H23N9S2. The van der Waals surface area contributed by atoms with Gasteiger partial charge in [0.1, 0.15) is 12.7 Å². The smallest absolute Gasteiger partial charge is 0.143 e. The van der Waals surface area contributed by atoms with Crippen molar-refractivity contribution in [1.29, 1.82) is 0 Å². The Morgan fingerprint density at radius 2 is 1.31 bits per heavy atom. The van der Waals surface area contributed by atoms with Gasteiger partial charge in [-0.25, -0.2) is 0 Å². The highest BCUT2D eigenvalue weighted by atomic mass is 32.2. The van der Waals surface area contributed by atoms with Gasteiger partial charge in [-0.1, -0.05) is 54.6 Å². The van der Waals surface area contributed by atoms with E-state index in [2.05, 4.69) is 78.2 Å². The second-order valence-electron chi connectivity index (χ2n) is 7.64. The topological polar surface area (TPSA) is 99.2 Å². The molecule has 0 aliphatic heterocycles. The maximum atomic E-state index is 4.05. The van der Waals surface area contributed by atoms with E-state index in [1.807, 2.05) is 48.2 Å². The molecule has 35 heavy (non-hydrogen) atoms. The van der Waals surface area contributed by atoms with Gasteiger partial charge in [-0.3, -0.25) is 4.72 Å². The molecule has 0 saturated heterocycles. The fourth-order valence-corrected chi connectivity index (χ4v) is 5.65. The van der Waals surface area contributed by atoms with Crippen molar-refractivity contribution in [3.63, 3.8) is 0 Å². The summed E-state index contributed by atoms with van der Waals surface area (Å²) in [6.45, 7) is 0.827. The van der Waals surface area contributed by atoms with Crippen molar-refractivity contribution in [3.8, 4) is 11.4 Å². The Labute approximate surface area is 211 Å². The second kappa shape index (κ2) is 11.7. The Morgan fingerprint density at radius 1 is 0.714 bits per heavy atom. The van der Waals surface area contributed by atoms with Crippen LogP contribution in [0.25, 0.3) is 11.4 Å². The molecule has 0 spiro atoms. The molecule has 0 aliphatic carbocycles. The number of thioether (sulfide) groups is 1. The molecule has 2 aromatic heterocycles. The maximum Gasteiger partial charge on any atom is 0.143 e. The highest BCUT2D eigenvalue weighted by Crippen LogP contribution is 2.30. The van der Waals surface area contributed by atoms with Gasteiger partial charge in [0.2, 0.25) is 0 Å². The quantitative estimate of drug-likeness (QED) is 0.211. The number of aromatic nitrogens is 8. The summed E-state index contributed by atoms with van der Waals surface area (Å²) in [5.41, 5.74) is 3.26. The summed E-state index contributed by atoms with van der Waals surface area (Å²) in [5.74, 6) is 1.32. The molecule has 0 bridgehead atoms. The molecule has 0 aliphatic rings.